The molecule has 0 amide bonds. The Morgan fingerprint density at radius 1 is 0.971 bits per heavy atom. The van der Waals surface area contributed by atoms with Crippen LogP contribution < -0.4 is 0 Å². The second-order valence-electron chi connectivity index (χ2n) is 7.83. The van der Waals surface area contributed by atoms with Crippen molar-refractivity contribution in [3.05, 3.63) is 33.8 Å². The maximum absolute atomic E-state index is 12.1. The van der Waals surface area contributed by atoms with Gasteiger partial charge in [-0.25, -0.2) is 0 Å². The van der Waals surface area contributed by atoms with Crippen molar-refractivity contribution in [1.82, 2.24) is 0 Å². The van der Waals surface area contributed by atoms with E-state index in [9.17, 15) is 19.2 Å². The highest BCUT2D eigenvalue weighted by atomic mass is 35.5. The molecule has 0 saturated carbocycles. The number of carbonyl (C=O) groups excluding carboxylic acids is 4. The van der Waals surface area contributed by atoms with Gasteiger partial charge in [0.1, 0.15) is 12.7 Å². The first-order valence-corrected chi connectivity index (χ1v) is 11.2. The van der Waals surface area contributed by atoms with Gasteiger partial charge in [0.25, 0.3) is 0 Å². The van der Waals surface area contributed by atoms with Crippen LogP contribution in [-0.4, -0.2) is 54.9 Å². The monoisotopic (exact) mass is 518 g/mol. The Balaban J connectivity index is 2.20. The molecule has 1 saturated heterocycles. The Bertz CT molecular complexity index is 996. The lowest BCUT2D eigenvalue weighted by Crippen LogP contribution is -2.66. The topological polar surface area (TPSA) is 124 Å². The van der Waals surface area contributed by atoms with Crippen molar-refractivity contribution >= 4 is 47.1 Å². The van der Waals surface area contributed by atoms with Crippen molar-refractivity contribution in [3.63, 3.8) is 0 Å². The van der Waals surface area contributed by atoms with Crippen LogP contribution in [-0.2, 0) is 65.9 Å². The van der Waals surface area contributed by atoms with Gasteiger partial charge in [-0.05, 0) is 23.3 Å². The van der Waals surface area contributed by atoms with Gasteiger partial charge in [-0.3, -0.25) is 19.2 Å². The van der Waals surface area contributed by atoms with E-state index >= 15 is 0 Å². The lowest BCUT2D eigenvalue weighted by Gasteiger charge is -2.49. The largest absolute Gasteiger partial charge is 0.463 e. The molecule has 12 heteroatoms. The highest BCUT2D eigenvalue weighted by Gasteiger charge is 2.64. The number of esters is 4. The van der Waals surface area contributed by atoms with E-state index in [1.807, 2.05) is 0 Å². The Morgan fingerprint density at radius 3 is 2.15 bits per heavy atom. The van der Waals surface area contributed by atoms with Gasteiger partial charge in [0.15, 0.2) is 12.2 Å². The van der Waals surface area contributed by atoms with Gasteiger partial charge in [0, 0.05) is 44.2 Å². The van der Waals surface area contributed by atoms with Crippen molar-refractivity contribution in [2.24, 2.45) is 0 Å². The maximum Gasteiger partial charge on any atom is 0.303 e. The number of fused-ring (bicyclic) bond motifs is 2. The van der Waals surface area contributed by atoms with E-state index in [-0.39, 0.29) is 19.1 Å². The van der Waals surface area contributed by atoms with Crippen LogP contribution in [0.15, 0.2) is 12.1 Å². The first kappa shape index (κ1) is 26.2. The smallest absolute Gasteiger partial charge is 0.303 e. The van der Waals surface area contributed by atoms with Crippen LogP contribution in [0.1, 0.15) is 44.4 Å². The number of benzene rings is 1. The molecule has 34 heavy (non-hydrogen) atoms. The molecule has 1 fully saturated rings. The van der Waals surface area contributed by atoms with E-state index in [1.54, 1.807) is 12.1 Å². The molecule has 2 heterocycles. The van der Waals surface area contributed by atoms with Crippen LogP contribution in [0, 0.1) is 0 Å². The number of rotatable bonds is 6. The van der Waals surface area contributed by atoms with Gasteiger partial charge in [0.05, 0.1) is 6.61 Å². The first-order valence-electron chi connectivity index (χ1n) is 10.3. The molecule has 0 radical (unpaired) electrons. The second-order valence-corrected chi connectivity index (χ2v) is 8.50. The van der Waals surface area contributed by atoms with Crippen LogP contribution >= 0.6 is 23.2 Å². The quantitative estimate of drug-likeness (QED) is 0.315. The summed E-state index contributed by atoms with van der Waals surface area (Å²) in [6.45, 7) is 4.30. The van der Waals surface area contributed by atoms with Gasteiger partial charge < -0.3 is 28.4 Å². The number of carbonyl (C=O) groups is 4. The van der Waals surface area contributed by atoms with Crippen molar-refractivity contribution in [2.75, 3.05) is 6.61 Å². The Hall–Kier alpha value is -2.40. The van der Waals surface area contributed by atoms with Gasteiger partial charge in [-0.1, -0.05) is 11.6 Å². The van der Waals surface area contributed by atoms with E-state index in [2.05, 4.69) is 0 Å². The first-order chi connectivity index (χ1) is 16.0. The second kappa shape index (κ2) is 10.5. The third kappa shape index (κ3) is 5.30. The third-order valence-corrected chi connectivity index (χ3v) is 5.91. The molecule has 1 spiro atoms. The number of hydrogen-bond acceptors (Lipinski definition) is 10. The minimum Gasteiger partial charge on any atom is -0.463 e. The zero-order chi connectivity index (χ0) is 25.2. The average molecular weight is 519 g/mol. The third-order valence-electron chi connectivity index (χ3n) is 5.27. The SMILES string of the molecule is CC(=O)OC[C@H]1O[C@]2(OCc3cc(Cl)c(CCl)cc32)[C@H](OC(C)=O)[C@@H](OC(C)=O)[C@H]1OC(C)=O. The molecule has 2 aliphatic rings. The van der Waals surface area contributed by atoms with Crippen molar-refractivity contribution < 1.29 is 47.6 Å². The van der Waals surface area contributed by atoms with Gasteiger partial charge in [-0.15, -0.1) is 11.6 Å². The lowest BCUT2D eigenvalue weighted by atomic mass is 9.86. The molecular formula is C22H24Cl2O10. The summed E-state index contributed by atoms with van der Waals surface area (Å²) in [6.07, 6.45) is -5.19. The highest BCUT2D eigenvalue weighted by molar-refractivity contribution is 6.32. The summed E-state index contributed by atoms with van der Waals surface area (Å²) in [5, 5.41) is 0.403. The standard InChI is InChI=1S/C22H24Cl2O10/c1-10(25)29-9-18-19(31-11(2)26)20(32-12(3)27)21(33-13(4)28)22(34-18)16-5-14(7-23)17(24)6-15(16)8-30-22/h5-6,18-21H,7-9H2,1-4H3/t18-,19+,20+,21-,22+/m1/s1. The zero-order valence-corrected chi connectivity index (χ0v) is 20.4. The fourth-order valence-electron chi connectivity index (χ4n) is 4.07. The molecule has 2 aliphatic heterocycles. The van der Waals surface area contributed by atoms with Crippen LogP contribution in [0.3, 0.4) is 0 Å². The summed E-state index contributed by atoms with van der Waals surface area (Å²) in [4.78, 5) is 47.6. The van der Waals surface area contributed by atoms with Crippen LogP contribution in [0.4, 0.5) is 0 Å². The number of hydrogen-bond donors (Lipinski definition) is 0. The van der Waals surface area contributed by atoms with Crippen LogP contribution in [0.2, 0.25) is 5.02 Å². The molecule has 0 unspecified atom stereocenters. The average Bonchev–Trinajstić information content (AvgIpc) is 3.07. The van der Waals surface area contributed by atoms with E-state index in [0.29, 0.717) is 21.7 Å². The van der Waals surface area contributed by atoms with Crippen LogP contribution in [0.25, 0.3) is 0 Å². The highest BCUT2D eigenvalue weighted by Crippen LogP contribution is 2.49. The number of alkyl halides is 1. The van der Waals surface area contributed by atoms with E-state index in [4.69, 9.17) is 51.6 Å². The Labute approximate surface area is 205 Å². The molecule has 1 aromatic rings. The summed E-state index contributed by atoms with van der Waals surface area (Å²) >= 11 is 12.3. The number of ether oxygens (including phenoxy) is 6. The summed E-state index contributed by atoms with van der Waals surface area (Å²) in [5.41, 5.74) is 1.61. The van der Waals surface area contributed by atoms with Gasteiger partial charge in [0.2, 0.25) is 11.9 Å². The summed E-state index contributed by atoms with van der Waals surface area (Å²) in [5.74, 6) is -4.53. The van der Waals surface area contributed by atoms with Crippen LogP contribution in [0.5, 0.6) is 0 Å². The maximum atomic E-state index is 12.1. The minimum absolute atomic E-state index is 0.0146. The Morgan fingerprint density at radius 2 is 1.59 bits per heavy atom. The van der Waals surface area contributed by atoms with Gasteiger partial charge in [-0.2, -0.15) is 0 Å². The molecule has 5 atom stereocenters. The Kier molecular flexibility index (Phi) is 8.07. The normalized spacial score (nSPS) is 27.6. The molecule has 0 bridgehead atoms. The molecule has 10 nitrogen and oxygen atoms in total. The lowest BCUT2D eigenvalue weighted by molar-refractivity contribution is -0.370. The minimum atomic E-state index is -1.80. The molecule has 186 valence electrons. The fourth-order valence-corrected chi connectivity index (χ4v) is 4.61. The van der Waals surface area contributed by atoms with Gasteiger partial charge >= 0.3 is 23.9 Å². The molecule has 0 aromatic heterocycles. The fraction of sp³-hybridized carbons (Fsp3) is 0.545. The summed E-state index contributed by atoms with van der Waals surface area (Å²) in [6, 6.07) is 3.30. The van der Waals surface area contributed by atoms with Crippen molar-refractivity contribution in [1.29, 1.82) is 0 Å². The van der Waals surface area contributed by atoms with E-state index in [0.717, 1.165) is 20.8 Å². The predicted molar refractivity (Wildman–Crippen MR) is 116 cm³/mol. The van der Waals surface area contributed by atoms with Crippen molar-refractivity contribution in [2.45, 2.75) is 70.4 Å². The van der Waals surface area contributed by atoms with Crippen molar-refractivity contribution in [3.8, 4) is 0 Å². The molecule has 3 rings (SSSR count). The molecule has 0 aliphatic carbocycles. The number of halogens is 2. The molecular weight excluding hydrogens is 495 g/mol. The summed E-state index contributed by atoms with van der Waals surface area (Å²) in [7, 11) is 0. The molecule has 0 N–H and O–H groups in total. The zero-order valence-electron chi connectivity index (χ0n) is 18.9. The van der Waals surface area contributed by atoms with E-state index in [1.165, 1.54) is 6.92 Å². The van der Waals surface area contributed by atoms with E-state index < -0.39 is 54.1 Å². The molecule has 1 aromatic carbocycles. The predicted octanol–water partition coefficient (Wildman–Crippen LogP) is 2.52. The summed E-state index contributed by atoms with van der Waals surface area (Å²) < 4.78 is 33.9.